The van der Waals surface area contributed by atoms with Gasteiger partial charge in [-0.3, -0.25) is 9.79 Å². The van der Waals surface area contributed by atoms with Crippen LogP contribution in [0.2, 0.25) is 0 Å². The van der Waals surface area contributed by atoms with Crippen molar-refractivity contribution in [3.8, 4) is 0 Å². The standard InChI is InChI=1S/C24H44N2O2/c1-3-4-5-6-7-8-9-10-11-12-13-14-15-16-17-18-24-25-19-20-26(24)21-22-28-23(2)27/h17-18H,3-16,19-22H2,1-2H3. The fraction of sp³-hybridized carbons (Fsp3) is 0.833. The van der Waals surface area contributed by atoms with E-state index < -0.39 is 0 Å². The van der Waals surface area contributed by atoms with Crippen molar-refractivity contribution < 1.29 is 9.53 Å². The molecule has 0 saturated heterocycles. The third-order valence-corrected chi connectivity index (χ3v) is 5.38. The molecule has 0 amide bonds. The van der Waals surface area contributed by atoms with E-state index in [1.165, 1.54) is 90.4 Å². The number of hydrogen-bond donors (Lipinski definition) is 0. The quantitative estimate of drug-likeness (QED) is 0.203. The van der Waals surface area contributed by atoms with Gasteiger partial charge in [0.2, 0.25) is 0 Å². The minimum atomic E-state index is -0.212. The van der Waals surface area contributed by atoms with Crippen LogP contribution in [0.1, 0.15) is 104 Å². The highest BCUT2D eigenvalue weighted by Gasteiger charge is 2.13. The minimum Gasteiger partial charge on any atom is -0.464 e. The molecular weight excluding hydrogens is 348 g/mol. The first-order chi connectivity index (χ1) is 13.7. The van der Waals surface area contributed by atoms with E-state index in [-0.39, 0.29) is 5.97 Å². The van der Waals surface area contributed by atoms with Crippen molar-refractivity contribution in [2.75, 3.05) is 26.2 Å². The van der Waals surface area contributed by atoms with Crippen LogP contribution in [0.25, 0.3) is 0 Å². The normalized spacial score (nSPS) is 14.1. The Labute approximate surface area is 173 Å². The Bertz CT molecular complexity index is 446. The van der Waals surface area contributed by atoms with Gasteiger partial charge in [-0.15, -0.1) is 0 Å². The van der Waals surface area contributed by atoms with E-state index in [2.05, 4.69) is 29.0 Å². The molecular formula is C24H44N2O2. The molecule has 0 radical (unpaired) electrons. The molecule has 1 rings (SSSR count). The van der Waals surface area contributed by atoms with E-state index in [1.54, 1.807) is 0 Å². The monoisotopic (exact) mass is 392 g/mol. The number of esters is 1. The van der Waals surface area contributed by atoms with Gasteiger partial charge in [0.1, 0.15) is 12.4 Å². The van der Waals surface area contributed by atoms with Gasteiger partial charge in [0.15, 0.2) is 0 Å². The van der Waals surface area contributed by atoms with Crippen LogP contribution >= 0.6 is 0 Å². The molecule has 0 aromatic carbocycles. The van der Waals surface area contributed by atoms with Gasteiger partial charge in [-0.05, 0) is 18.9 Å². The largest absolute Gasteiger partial charge is 0.464 e. The summed E-state index contributed by atoms with van der Waals surface area (Å²) in [4.78, 5) is 17.6. The smallest absolute Gasteiger partial charge is 0.302 e. The summed E-state index contributed by atoms with van der Waals surface area (Å²) in [5.74, 6) is 0.831. The van der Waals surface area contributed by atoms with Crippen LogP contribution in [-0.4, -0.2) is 42.9 Å². The number of carbonyl (C=O) groups excluding carboxylic acids is 1. The Morgan fingerprint density at radius 2 is 1.54 bits per heavy atom. The van der Waals surface area contributed by atoms with Crippen molar-refractivity contribution in [3.05, 3.63) is 12.2 Å². The van der Waals surface area contributed by atoms with Gasteiger partial charge in [0.25, 0.3) is 0 Å². The van der Waals surface area contributed by atoms with Gasteiger partial charge < -0.3 is 9.64 Å². The topological polar surface area (TPSA) is 41.9 Å². The second kappa shape index (κ2) is 17.8. The maximum atomic E-state index is 10.8. The Balaban J connectivity index is 1.89. The fourth-order valence-electron chi connectivity index (χ4n) is 3.65. The summed E-state index contributed by atoms with van der Waals surface area (Å²) in [5.41, 5.74) is 0. The van der Waals surface area contributed by atoms with E-state index in [0.29, 0.717) is 6.61 Å². The van der Waals surface area contributed by atoms with Crippen LogP contribution in [0.4, 0.5) is 0 Å². The molecule has 0 fully saturated rings. The number of aliphatic imine (C=N–C) groups is 1. The summed E-state index contributed by atoms with van der Waals surface area (Å²) in [6.45, 7) is 6.69. The molecule has 4 nitrogen and oxygen atoms in total. The number of hydrogen-bond acceptors (Lipinski definition) is 4. The Kier molecular flexibility index (Phi) is 15.7. The first-order valence-corrected chi connectivity index (χ1v) is 11.8. The van der Waals surface area contributed by atoms with E-state index in [1.807, 2.05) is 0 Å². The van der Waals surface area contributed by atoms with E-state index in [9.17, 15) is 4.79 Å². The first-order valence-electron chi connectivity index (χ1n) is 11.8. The van der Waals surface area contributed by atoms with Crippen molar-refractivity contribution in [1.82, 2.24) is 4.90 Å². The third-order valence-electron chi connectivity index (χ3n) is 5.38. The number of unbranched alkanes of at least 4 members (excludes halogenated alkanes) is 13. The summed E-state index contributed by atoms with van der Waals surface area (Å²) in [7, 11) is 0. The summed E-state index contributed by atoms with van der Waals surface area (Å²) >= 11 is 0. The molecule has 4 heteroatoms. The molecule has 0 aromatic rings. The molecule has 0 atom stereocenters. The molecule has 0 unspecified atom stereocenters. The summed E-state index contributed by atoms with van der Waals surface area (Å²) in [6.07, 6.45) is 23.7. The highest BCUT2D eigenvalue weighted by Crippen LogP contribution is 2.13. The Hall–Kier alpha value is -1.32. The van der Waals surface area contributed by atoms with Gasteiger partial charge in [-0.25, -0.2) is 0 Å². The highest BCUT2D eigenvalue weighted by atomic mass is 16.5. The molecule has 0 aliphatic carbocycles. The van der Waals surface area contributed by atoms with Gasteiger partial charge in [0.05, 0.1) is 13.1 Å². The predicted molar refractivity (Wildman–Crippen MR) is 120 cm³/mol. The number of allylic oxidation sites excluding steroid dienone is 1. The number of ether oxygens (including phenoxy) is 1. The molecule has 1 aliphatic rings. The lowest BCUT2D eigenvalue weighted by atomic mass is 10.0. The molecule has 0 N–H and O–H groups in total. The summed E-state index contributed by atoms with van der Waals surface area (Å²) in [6, 6.07) is 0. The summed E-state index contributed by atoms with van der Waals surface area (Å²) < 4.78 is 5.02. The zero-order valence-electron chi connectivity index (χ0n) is 18.6. The molecule has 162 valence electrons. The Morgan fingerprint density at radius 1 is 0.964 bits per heavy atom. The third kappa shape index (κ3) is 13.8. The van der Waals surface area contributed by atoms with Crippen LogP contribution in [0, 0.1) is 0 Å². The maximum Gasteiger partial charge on any atom is 0.302 e. The van der Waals surface area contributed by atoms with Crippen LogP contribution < -0.4 is 0 Å². The fourth-order valence-corrected chi connectivity index (χ4v) is 3.65. The van der Waals surface area contributed by atoms with Crippen molar-refractivity contribution in [3.63, 3.8) is 0 Å². The lowest BCUT2D eigenvalue weighted by molar-refractivity contribution is -0.141. The average molecular weight is 393 g/mol. The molecule has 0 spiro atoms. The highest BCUT2D eigenvalue weighted by molar-refractivity contribution is 5.94. The van der Waals surface area contributed by atoms with Crippen molar-refractivity contribution in [1.29, 1.82) is 0 Å². The molecule has 0 aromatic heterocycles. The molecule has 28 heavy (non-hydrogen) atoms. The van der Waals surface area contributed by atoms with E-state index >= 15 is 0 Å². The molecule has 0 bridgehead atoms. The average Bonchev–Trinajstić information content (AvgIpc) is 3.12. The lowest BCUT2D eigenvalue weighted by Gasteiger charge is -2.17. The predicted octanol–water partition coefficient (Wildman–Crippen LogP) is 6.30. The molecule has 0 saturated carbocycles. The van der Waals surface area contributed by atoms with Crippen LogP contribution in [0.15, 0.2) is 17.1 Å². The minimum absolute atomic E-state index is 0.212. The Morgan fingerprint density at radius 3 is 2.11 bits per heavy atom. The van der Waals surface area contributed by atoms with E-state index in [4.69, 9.17) is 4.74 Å². The summed E-state index contributed by atoms with van der Waals surface area (Å²) in [5, 5.41) is 0. The number of carbonyl (C=O) groups is 1. The number of rotatable bonds is 18. The first kappa shape index (κ1) is 24.7. The lowest BCUT2D eigenvalue weighted by Crippen LogP contribution is -2.30. The number of amidine groups is 1. The van der Waals surface area contributed by atoms with Crippen molar-refractivity contribution in [2.45, 2.75) is 104 Å². The zero-order chi connectivity index (χ0) is 20.3. The SMILES string of the molecule is CCCCCCCCCCCCCCCC=CC1=NCCN1CCOC(C)=O. The van der Waals surface area contributed by atoms with Crippen LogP contribution in [-0.2, 0) is 9.53 Å². The van der Waals surface area contributed by atoms with Crippen LogP contribution in [0.5, 0.6) is 0 Å². The van der Waals surface area contributed by atoms with Gasteiger partial charge in [-0.1, -0.05) is 90.0 Å². The molecule has 1 aliphatic heterocycles. The second-order valence-corrected chi connectivity index (χ2v) is 8.00. The van der Waals surface area contributed by atoms with Gasteiger partial charge in [-0.2, -0.15) is 0 Å². The maximum absolute atomic E-state index is 10.8. The van der Waals surface area contributed by atoms with Crippen molar-refractivity contribution in [2.24, 2.45) is 4.99 Å². The zero-order valence-corrected chi connectivity index (χ0v) is 18.6. The van der Waals surface area contributed by atoms with Gasteiger partial charge in [0, 0.05) is 13.5 Å². The second-order valence-electron chi connectivity index (χ2n) is 8.00. The molecule has 1 heterocycles. The van der Waals surface area contributed by atoms with E-state index in [0.717, 1.165) is 31.9 Å². The number of nitrogens with zero attached hydrogens (tertiary/aromatic N) is 2. The van der Waals surface area contributed by atoms with Crippen LogP contribution in [0.3, 0.4) is 0 Å². The van der Waals surface area contributed by atoms with Gasteiger partial charge >= 0.3 is 5.97 Å². The van der Waals surface area contributed by atoms with Crippen molar-refractivity contribution >= 4 is 11.8 Å².